The number of benzene rings is 1. The molecule has 3 aromatic rings. The fourth-order valence-electron chi connectivity index (χ4n) is 2.64. The lowest BCUT2D eigenvalue weighted by molar-refractivity contribution is -0.124. The third-order valence-corrected chi connectivity index (χ3v) is 5.25. The molecule has 0 fully saturated rings. The zero-order valence-corrected chi connectivity index (χ0v) is 16.4. The minimum Gasteiger partial charge on any atom is -0.497 e. The summed E-state index contributed by atoms with van der Waals surface area (Å²) in [7, 11) is 1.58. The molecule has 8 nitrogen and oxygen atoms in total. The molecule has 0 saturated heterocycles. The molecule has 2 heterocycles. The van der Waals surface area contributed by atoms with E-state index in [1.54, 1.807) is 33.1 Å². The van der Waals surface area contributed by atoms with Crippen LogP contribution in [-0.4, -0.2) is 35.6 Å². The lowest BCUT2D eigenvalue weighted by Crippen LogP contribution is -2.28. The number of nitrogens with zero attached hydrogens (tertiary/aromatic N) is 1. The summed E-state index contributed by atoms with van der Waals surface area (Å²) < 4.78 is 10.2. The van der Waals surface area contributed by atoms with Gasteiger partial charge in [0, 0.05) is 6.54 Å². The topological polar surface area (TPSA) is 110 Å². The Bertz CT molecular complexity index is 1090. The first-order valence-corrected chi connectivity index (χ1v) is 9.27. The normalized spacial score (nSPS) is 10.7. The van der Waals surface area contributed by atoms with E-state index >= 15 is 0 Å². The summed E-state index contributed by atoms with van der Waals surface area (Å²) in [5.41, 5.74) is 1.09. The average molecular weight is 401 g/mol. The van der Waals surface area contributed by atoms with E-state index in [1.165, 1.54) is 0 Å². The number of rotatable bonds is 6. The van der Waals surface area contributed by atoms with Crippen LogP contribution in [0.25, 0.3) is 10.2 Å². The smallest absolute Gasteiger partial charge is 0.349 e. The first-order valence-electron chi connectivity index (χ1n) is 8.46. The van der Waals surface area contributed by atoms with Gasteiger partial charge in [-0.1, -0.05) is 12.1 Å². The lowest BCUT2D eigenvalue weighted by Gasteiger charge is -2.07. The van der Waals surface area contributed by atoms with E-state index in [0.29, 0.717) is 28.1 Å². The number of hydrogen-bond donors (Lipinski definition) is 2. The number of carbonyl (C=O) groups is 2. The second-order valence-electron chi connectivity index (χ2n) is 6.09. The van der Waals surface area contributed by atoms with Crippen LogP contribution in [0.4, 0.5) is 0 Å². The molecule has 1 aromatic carbocycles. The van der Waals surface area contributed by atoms with Gasteiger partial charge in [0.2, 0.25) is 0 Å². The summed E-state index contributed by atoms with van der Waals surface area (Å²) in [6, 6.07) is 7.25. The molecule has 28 heavy (non-hydrogen) atoms. The third-order valence-electron chi connectivity index (χ3n) is 4.09. The minimum absolute atomic E-state index is 0.265. The molecule has 3 rings (SSSR count). The molecule has 0 radical (unpaired) electrons. The number of nitrogens with one attached hydrogen (secondary N) is 2. The first-order chi connectivity index (χ1) is 13.4. The Morgan fingerprint density at radius 2 is 1.93 bits per heavy atom. The number of methoxy groups -OCH3 is 1. The van der Waals surface area contributed by atoms with E-state index in [2.05, 4.69) is 15.3 Å². The quantitative estimate of drug-likeness (QED) is 0.612. The number of aryl methyl sites for hydroxylation is 2. The molecule has 0 bridgehead atoms. The number of aromatic amines is 1. The maximum Gasteiger partial charge on any atom is 0.349 e. The van der Waals surface area contributed by atoms with Crippen molar-refractivity contribution in [2.24, 2.45) is 0 Å². The predicted molar refractivity (Wildman–Crippen MR) is 105 cm³/mol. The van der Waals surface area contributed by atoms with E-state index in [4.69, 9.17) is 9.47 Å². The van der Waals surface area contributed by atoms with E-state index in [1.807, 2.05) is 12.1 Å². The number of H-pyrrole nitrogens is 1. The molecule has 0 aliphatic heterocycles. The van der Waals surface area contributed by atoms with Gasteiger partial charge in [-0.3, -0.25) is 9.59 Å². The Labute approximate surface area is 164 Å². The zero-order chi connectivity index (χ0) is 20.3. The third kappa shape index (κ3) is 4.20. The van der Waals surface area contributed by atoms with Crippen molar-refractivity contribution in [3.63, 3.8) is 0 Å². The van der Waals surface area contributed by atoms with Crippen LogP contribution in [0.5, 0.6) is 5.75 Å². The molecule has 1 amide bonds. The largest absolute Gasteiger partial charge is 0.497 e. The van der Waals surface area contributed by atoms with E-state index in [9.17, 15) is 14.4 Å². The molecule has 9 heteroatoms. The number of thiophene rings is 1. The highest BCUT2D eigenvalue weighted by atomic mass is 32.1. The molecule has 0 spiro atoms. The van der Waals surface area contributed by atoms with Crippen LogP contribution in [0, 0.1) is 13.8 Å². The van der Waals surface area contributed by atoms with Crippen molar-refractivity contribution in [3.8, 4) is 5.75 Å². The predicted octanol–water partition coefficient (Wildman–Crippen LogP) is 2.08. The van der Waals surface area contributed by atoms with Crippen molar-refractivity contribution in [2.45, 2.75) is 20.4 Å². The van der Waals surface area contributed by atoms with Gasteiger partial charge >= 0.3 is 5.97 Å². The van der Waals surface area contributed by atoms with Gasteiger partial charge in [-0.15, -0.1) is 11.3 Å². The highest BCUT2D eigenvalue weighted by Crippen LogP contribution is 2.27. The first kappa shape index (κ1) is 19.6. The van der Waals surface area contributed by atoms with Crippen LogP contribution >= 0.6 is 11.3 Å². The van der Waals surface area contributed by atoms with Gasteiger partial charge in [-0.05, 0) is 37.1 Å². The number of amides is 1. The molecule has 0 atom stereocenters. The molecule has 0 saturated carbocycles. The van der Waals surface area contributed by atoms with Gasteiger partial charge in [0.1, 0.15) is 21.3 Å². The van der Waals surface area contributed by atoms with Crippen molar-refractivity contribution < 1.29 is 19.1 Å². The Balaban J connectivity index is 1.59. The number of ether oxygens (including phenoxy) is 2. The number of esters is 1. The number of hydrogen-bond acceptors (Lipinski definition) is 7. The maximum absolute atomic E-state index is 12.3. The van der Waals surface area contributed by atoms with Crippen molar-refractivity contribution in [1.29, 1.82) is 0 Å². The van der Waals surface area contributed by atoms with Crippen molar-refractivity contribution in [2.75, 3.05) is 13.7 Å². The summed E-state index contributed by atoms with van der Waals surface area (Å²) in [5.74, 6) is 0.120. The Kier molecular flexibility index (Phi) is 5.74. The highest BCUT2D eigenvalue weighted by molar-refractivity contribution is 7.20. The molecule has 0 unspecified atom stereocenters. The van der Waals surface area contributed by atoms with Crippen LogP contribution in [0.15, 0.2) is 29.1 Å². The second kappa shape index (κ2) is 8.22. The number of aromatic nitrogens is 2. The summed E-state index contributed by atoms with van der Waals surface area (Å²) in [6.07, 6.45) is 0. The van der Waals surface area contributed by atoms with Crippen molar-refractivity contribution in [1.82, 2.24) is 15.3 Å². The molecular formula is C19H19N3O5S. The minimum atomic E-state index is -0.655. The number of carbonyl (C=O) groups excluding carboxylic acids is 2. The van der Waals surface area contributed by atoms with Gasteiger partial charge in [-0.2, -0.15) is 0 Å². The monoisotopic (exact) mass is 401 g/mol. The molecule has 2 aromatic heterocycles. The molecule has 0 aliphatic rings. The van der Waals surface area contributed by atoms with Gasteiger partial charge < -0.3 is 19.8 Å². The van der Waals surface area contributed by atoms with E-state index < -0.39 is 18.5 Å². The summed E-state index contributed by atoms with van der Waals surface area (Å²) in [5, 5.41) is 3.05. The van der Waals surface area contributed by atoms with Gasteiger partial charge in [0.15, 0.2) is 6.61 Å². The average Bonchev–Trinajstić information content (AvgIpc) is 3.01. The second-order valence-corrected chi connectivity index (χ2v) is 7.09. The van der Waals surface area contributed by atoms with Crippen LogP contribution in [0.2, 0.25) is 0 Å². The molecular weight excluding hydrogens is 382 g/mol. The maximum atomic E-state index is 12.3. The summed E-state index contributed by atoms with van der Waals surface area (Å²) >= 11 is 1.08. The van der Waals surface area contributed by atoms with E-state index in [-0.39, 0.29) is 10.4 Å². The molecule has 0 aliphatic carbocycles. The fraction of sp³-hybridized carbons (Fsp3) is 0.263. The summed E-state index contributed by atoms with van der Waals surface area (Å²) in [4.78, 5) is 43.9. The lowest BCUT2D eigenvalue weighted by atomic mass is 10.2. The number of fused-ring (bicyclic) bond motifs is 1. The van der Waals surface area contributed by atoms with Gasteiger partial charge in [0.05, 0.1) is 12.5 Å². The van der Waals surface area contributed by atoms with Crippen LogP contribution in [0.3, 0.4) is 0 Å². The Morgan fingerprint density at radius 3 is 2.61 bits per heavy atom. The van der Waals surface area contributed by atoms with Crippen LogP contribution < -0.4 is 15.6 Å². The zero-order valence-electron chi connectivity index (χ0n) is 15.6. The van der Waals surface area contributed by atoms with Crippen LogP contribution in [0.1, 0.15) is 26.6 Å². The Hall–Kier alpha value is -3.20. The van der Waals surface area contributed by atoms with Crippen molar-refractivity contribution >= 4 is 33.4 Å². The Morgan fingerprint density at radius 1 is 1.21 bits per heavy atom. The van der Waals surface area contributed by atoms with Gasteiger partial charge in [0.25, 0.3) is 11.5 Å². The van der Waals surface area contributed by atoms with Crippen molar-refractivity contribution in [3.05, 3.63) is 56.4 Å². The van der Waals surface area contributed by atoms with Crippen LogP contribution in [-0.2, 0) is 16.1 Å². The fourth-order valence-corrected chi connectivity index (χ4v) is 3.76. The summed E-state index contributed by atoms with van der Waals surface area (Å²) in [6.45, 7) is 3.22. The molecule has 2 N–H and O–H groups in total. The molecule has 146 valence electrons. The van der Waals surface area contributed by atoms with E-state index in [0.717, 1.165) is 22.6 Å². The highest BCUT2D eigenvalue weighted by Gasteiger charge is 2.20. The SMILES string of the molecule is COc1ccc(CNC(=O)COC(=O)c2sc3nc(C)[nH]c(=O)c3c2C)cc1. The van der Waals surface area contributed by atoms with Gasteiger partial charge in [-0.25, -0.2) is 9.78 Å². The standard InChI is InChI=1S/C19H19N3O5S/c1-10-15-17(24)21-11(2)22-18(15)28-16(10)19(25)27-9-14(23)20-8-12-4-6-13(26-3)7-5-12/h4-7H,8-9H2,1-3H3,(H,20,23)(H,21,22,24).